The molecule has 132 valence electrons. The van der Waals surface area contributed by atoms with Crippen LogP contribution in [0.2, 0.25) is 0 Å². The molecule has 6 nitrogen and oxygen atoms in total. The zero-order chi connectivity index (χ0) is 18.5. The van der Waals surface area contributed by atoms with Gasteiger partial charge >= 0.3 is 0 Å². The van der Waals surface area contributed by atoms with Gasteiger partial charge in [0.15, 0.2) is 4.77 Å². The Kier molecular flexibility index (Phi) is 5.65. The Morgan fingerprint density at radius 1 is 1.08 bits per heavy atom. The number of aromatic nitrogens is 2. The SMILES string of the molecule is O=C(CNC(=O)c1c[nH]c(=S)n1-c1ccccc1)Nc1ccc(Br)cc1. The molecule has 1 aromatic heterocycles. The fourth-order valence-electron chi connectivity index (χ4n) is 2.36. The molecule has 1 heterocycles. The highest BCUT2D eigenvalue weighted by atomic mass is 79.9. The first-order chi connectivity index (χ1) is 12.5. The van der Waals surface area contributed by atoms with Gasteiger partial charge in [-0.3, -0.25) is 14.2 Å². The molecule has 2 aromatic carbocycles. The van der Waals surface area contributed by atoms with Crippen LogP contribution < -0.4 is 10.6 Å². The number of aromatic amines is 1. The molecule has 0 saturated carbocycles. The molecule has 0 bridgehead atoms. The van der Waals surface area contributed by atoms with Gasteiger partial charge in [-0.15, -0.1) is 0 Å². The predicted molar refractivity (Wildman–Crippen MR) is 106 cm³/mol. The molecule has 3 rings (SSSR count). The molecule has 0 aliphatic rings. The highest BCUT2D eigenvalue weighted by Crippen LogP contribution is 2.14. The minimum atomic E-state index is -0.396. The summed E-state index contributed by atoms with van der Waals surface area (Å²) in [5.41, 5.74) is 1.75. The van der Waals surface area contributed by atoms with E-state index in [2.05, 4.69) is 31.5 Å². The molecule has 0 radical (unpaired) electrons. The third-order valence-corrected chi connectivity index (χ3v) is 4.39. The largest absolute Gasteiger partial charge is 0.342 e. The second-order valence-corrected chi connectivity index (χ2v) is 6.69. The summed E-state index contributed by atoms with van der Waals surface area (Å²) in [6.45, 7) is -0.151. The van der Waals surface area contributed by atoms with Gasteiger partial charge in [0.05, 0.1) is 6.54 Å². The number of para-hydroxylation sites is 1. The zero-order valence-corrected chi connectivity index (χ0v) is 15.9. The highest BCUT2D eigenvalue weighted by Gasteiger charge is 2.15. The number of halogens is 1. The summed E-state index contributed by atoms with van der Waals surface area (Å²) in [5.74, 6) is -0.715. The van der Waals surface area contributed by atoms with Gasteiger partial charge in [0.1, 0.15) is 5.69 Å². The molecule has 0 aliphatic heterocycles. The number of hydrogen-bond acceptors (Lipinski definition) is 3. The molecule has 8 heteroatoms. The maximum absolute atomic E-state index is 12.5. The zero-order valence-electron chi connectivity index (χ0n) is 13.5. The van der Waals surface area contributed by atoms with Crippen LogP contribution in [-0.2, 0) is 4.79 Å². The second-order valence-electron chi connectivity index (χ2n) is 5.39. The van der Waals surface area contributed by atoms with Gasteiger partial charge in [-0.2, -0.15) is 0 Å². The van der Waals surface area contributed by atoms with Gasteiger partial charge in [0, 0.05) is 22.0 Å². The van der Waals surface area contributed by atoms with Gasteiger partial charge in [-0.1, -0.05) is 34.1 Å². The van der Waals surface area contributed by atoms with E-state index in [1.165, 1.54) is 6.20 Å². The van der Waals surface area contributed by atoms with E-state index in [9.17, 15) is 9.59 Å². The Bertz CT molecular complexity index is 980. The van der Waals surface area contributed by atoms with Crippen LogP contribution in [0.5, 0.6) is 0 Å². The molecule has 0 atom stereocenters. The van der Waals surface area contributed by atoms with Crippen molar-refractivity contribution < 1.29 is 9.59 Å². The summed E-state index contributed by atoms with van der Waals surface area (Å²) in [6, 6.07) is 16.5. The quantitative estimate of drug-likeness (QED) is 0.540. The summed E-state index contributed by atoms with van der Waals surface area (Å²) in [7, 11) is 0. The van der Waals surface area contributed by atoms with Gasteiger partial charge in [0.25, 0.3) is 5.91 Å². The summed E-state index contributed by atoms with van der Waals surface area (Å²) >= 11 is 8.58. The minimum absolute atomic E-state index is 0.151. The van der Waals surface area contributed by atoms with Crippen LogP contribution in [-0.4, -0.2) is 27.9 Å². The molecule has 2 amide bonds. The van der Waals surface area contributed by atoms with Crippen LogP contribution in [0.3, 0.4) is 0 Å². The average molecular weight is 431 g/mol. The fraction of sp³-hybridized carbons (Fsp3) is 0.0556. The lowest BCUT2D eigenvalue weighted by Gasteiger charge is -2.09. The van der Waals surface area contributed by atoms with E-state index in [0.717, 1.165) is 10.2 Å². The fourth-order valence-corrected chi connectivity index (χ4v) is 2.89. The van der Waals surface area contributed by atoms with E-state index < -0.39 is 5.91 Å². The number of imidazole rings is 1. The van der Waals surface area contributed by atoms with E-state index in [0.29, 0.717) is 16.2 Å². The highest BCUT2D eigenvalue weighted by molar-refractivity contribution is 9.10. The molecule has 0 fully saturated rings. The summed E-state index contributed by atoms with van der Waals surface area (Å²) in [6.07, 6.45) is 1.53. The van der Waals surface area contributed by atoms with E-state index in [1.807, 2.05) is 42.5 Å². The summed E-state index contributed by atoms with van der Waals surface area (Å²) < 4.78 is 2.94. The summed E-state index contributed by atoms with van der Waals surface area (Å²) in [4.78, 5) is 27.4. The molecule has 0 aliphatic carbocycles. The number of nitrogens with zero attached hydrogens (tertiary/aromatic N) is 1. The lowest BCUT2D eigenvalue weighted by molar-refractivity contribution is -0.115. The molecule has 26 heavy (non-hydrogen) atoms. The number of hydrogen-bond donors (Lipinski definition) is 3. The molecular formula is C18H15BrN4O2S. The van der Waals surface area contributed by atoms with Crippen molar-refractivity contribution in [1.82, 2.24) is 14.9 Å². The van der Waals surface area contributed by atoms with Crippen molar-refractivity contribution in [2.24, 2.45) is 0 Å². The van der Waals surface area contributed by atoms with Crippen LogP contribution >= 0.6 is 28.1 Å². The number of benzene rings is 2. The van der Waals surface area contributed by atoms with Crippen molar-refractivity contribution in [2.75, 3.05) is 11.9 Å². The van der Waals surface area contributed by atoms with Gasteiger partial charge < -0.3 is 15.6 Å². The summed E-state index contributed by atoms with van der Waals surface area (Å²) in [5, 5.41) is 5.32. The predicted octanol–water partition coefficient (Wildman–Crippen LogP) is 3.67. The third kappa shape index (κ3) is 4.27. The Morgan fingerprint density at radius 2 is 1.77 bits per heavy atom. The molecular weight excluding hydrogens is 416 g/mol. The van der Waals surface area contributed by atoms with Gasteiger partial charge in [-0.05, 0) is 48.6 Å². The van der Waals surface area contributed by atoms with Crippen molar-refractivity contribution in [2.45, 2.75) is 0 Å². The van der Waals surface area contributed by atoms with Crippen molar-refractivity contribution in [3.63, 3.8) is 0 Å². The van der Waals surface area contributed by atoms with Crippen molar-refractivity contribution in [3.05, 3.63) is 75.7 Å². The van der Waals surface area contributed by atoms with Crippen LogP contribution in [0.4, 0.5) is 5.69 Å². The first-order valence-electron chi connectivity index (χ1n) is 7.74. The van der Waals surface area contributed by atoms with Gasteiger partial charge in [0.2, 0.25) is 5.91 Å². The normalized spacial score (nSPS) is 10.3. The molecule has 0 saturated heterocycles. The van der Waals surface area contributed by atoms with E-state index in [-0.39, 0.29) is 12.5 Å². The molecule has 0 spiro atoms. The number of anilines is 1. The van der Waals surface area contributed by atoms with Crippen molar-refractivity contribution in [3.8, 4) is 5.69 Å². The van der Waals surface area contributed by atoms with Crippen LogP contribution in [0.15, 0.2) is 65.3 Å². The molecule has 0 unspecified atom stereocenters. The van der Waals surface area contributed by atoms with E-state index in [1.54, 1.807) is 16.7 Å². The van der Waals surface area contributed by atoms with Crippen molar-refractivity contribution in [1.29, 1.82) is 0 Å². The lowest BCUT2D eigenvalue weighted by atomic mass is 10.3. The Hall–Kier alpha value is -2.71. The van der Waals surface area contributed by atoms with Crippen LogP contribution in [0.25, 0.3) is 5.69 Å². The standard InChI is InChI=1S/C18H15BrN4O2S/c19-12-6-8-13(9-7-12)22-16(24)11-20-17(25)15-10-21-18(26)23(15)14-4-2-1-3-5-14/h1-10H,11H2,(H,20,25)(H,21,26)(H,22,24). The second kappa shape index (κ2) is 8.11. The lowest BCUT2D eigenvalue weighted by Crippen LogP contribution is -2.33. The van der Waals surface area contributed by atoms with Crippen molar-refractivity contribution >= 4 is 45.6 Å². The van der Waals surface area contributed by atoms with E-state index in [4.69, 9.17) is 12.2 Å². The number of H-pyrrole nitrogens is 1. The number of nitrogens with one attached hydrogen (secondary N) is 3. The van der Waals surface area contributed by atoms with Crippen LogP contribution in [0, 0.1) is 4.77 Å². The first kappa shape index (κ1) is 18.1. The number of rotatable bonds is 5. The Labute approximate surface area is 163 Å². The monoisotopic (exact) mass is 430 g/mol. The number of carbonyl (C=O) groups is 2. The Morgan fingerprint density at radius 3 is 2.46 bits per heavy atom. The minimum Gasteiger partial charge on any atom is -0.342 e. The number of carbonyl (C=O) groups excluding carboxylic acids is 2. The van der Waals surface area contributed by atoms with E-state index >= 15 is 0 Å². The smallest absolute Gasteiger partial charge is 0.270 e. The third-order valence-electron chi connectivity index (χ3n) is 3.56. The maximum Gasteiger partial charge on any atom is 0.270 e. The number of amides is 2. The maximum atomic E-state index is 12.5. The molecule has 3 N–H and O–H groups in total. The topological polar surface area (TPSA) is 78.9 Å². The molecule has 3 aromatic rings. The Balaban J connectivity index is 1.67. The van der Waals surface area contributed by atoms with Crippen LogP contribution in [0.1, 0.15) is 10.5 Å². The average Bonchev–Trinajstić information content (AvgIpc) is 3.04. The van der Waals surface area contributed by atoms with Gasteiger partial charge in [-0.25, -0.2) is 0 Å². The first-order valence-corrected chi connectivity index (χ1v) is 8.94.